The maximum Gasteiger partial charge on any atom is 0.200 e. The molecular weight excluding hydrogens is 257 g/mol. The molecule has 1 aliphatic carbocycles. The fourth-order valence-corrected chi connectivity index (χ4v) is 1.60. The molecular formula is C11H10F5NO. The molecule has 0 spiro atoms. The molecule has 0 amide bonds. The summed E-state index contributed by atoms with van der Waals surface area (Å²) >= 11 is 0. The van der Waals surface area contributed by atoms with Gasteiger partial charge in [0, 0.05) is 12.0 Å². The van der Waals surface area contributed by atoms with Crippen LogP contribution in [0.1, 0.15) is 12.8 Å². The molecule has 1 aromatic carbocycles. The highest BCUT2D eigenvalue weighted by molar-refractivity contribution is 5.48. The molecule has 1 saturated carbocycles. The molecule has 0 heterocycles. The van der Waals surface area contributed by atoms with Gasteiger partial charge >= 0.3 is 0 Å². The molecule has 2 nitrogen and oxygen atoms in total. The van der Waals surface area contributed by atoms with Crippen molar-refractivity contribution in [3.8, 4) is 0 Å². The van der Waals surface area contributed by atoms with E-state index in [0.29, 0.717) is 12.8 Å². The van der Waals surface area contributed by atoms with Crippen LogP contribution >= 0.6 is 0 Å². The van der Waals surface area contributed by atoms with Crippen molar-refractivity contribution in [1.82, 2.24) is 0 Å². The smallest absolute Gasteiger partial charge is 0.200 e. The number of anilines is 1. The van der Waals surface area contributed by atoms with Crippen LogP contribution in [0.5, 0.6) is 0 Å². The minimum atomic E-state index is -2.18. The minimum absolute atomic E-state index is 0.0398. The Kier molecular flexibility index (Phi) is 3.18. The third-order valence-corrected chi connectivity index (χ3v) is 3.14. The predicted molar refractivity (Wildman–Crippen MR) is 53.5 cm³/mol. The van der Waals surface area contributed by atoms with Crippen molar-refractivity contribution in [2.24, 2.45) is 5.41 Å². The van der Waals surface area contributed by atoms with Crippen LogP contribution in [-0.2, 0) is 0 Å². The zero-order valence-corrected chi connectivity index (χ0v) is 9.17. The van der Waals surface area contributed by atoms with Crippen molar-refractivity contribution in [2.45, 2.75) is 12.8 Å². The van der Waals surface area contributed by atoms with Gasteiger partial charge in [-0.05, 0) is 12.8 Å². The van der Waals surface area contributed by atoms with E-state index in [1.54, 1.807) is 0 Å². The number of aliphatic hydroxyl groups is 1. The Morgan fingerprint density at radius 2 is 1.33 bits per heavy atom. The van der Waals surface area contributed by atoms with E-state index in [9.17, 15) is 22.0 Å². The summed E-state index contributed by atoms with van der Waals surface area (Å²) < 4.78 is 65.0. The molecule has 18 heavy (non-hydrogen) atoms. The summed E-state index contributed by atoms with van der Waals surface area (Å²) in [6.45, 7) is -0.239. The molecule has 0 radical (unpaired) electrons. The van der Waals surface area contributed by atoms with Crippen molar-refractivity contribution in [3.63, 3.8) is 0 Å². The Bertz CT molecular complexity index is 458. The van der Waals surface area contributed by atoms with Crippen molar-refractivity contribution in [2.75, 3.05) is 18.5 Å². The first kappa shape index (κ1) is 13.1. The molecule has 0 unspecified atom stereocenters. The highest BCUT2D eigenvalue weighted by Crippen LogP contribution is 2.45. The largest absolute Gasteiger partial charge is 0.396 e. The number of halogens is 5. The molecule has 2 rings (SSSR count). The third kappa shape index (κ3) is 2.03. The first-order chi connectivity index (χ1) is 8.42. The van der Waals surface area contributed by atoms with E-state index in [1.807, 2.05) is 0 Å². The average Bonchev–Trinajstić information content (AvgIpc) is 3.14. The number of nitrogens with one attached hydrogen (secondary N) is 1. The highest BCUT2D eigenvalue weighted by atomic mass is 19.2. The maximum atomic E-state index is 13.3. The van der Waals surface area contributed by atoms with Gasteiger partial charge < -0.3 is 10.4 Å². The van der Waals surface area contributed by atoms with Crippen molar-refractivity contribution < 1.29 is 27.1 Å². The lowest BCUT2D eigenvalue weighted by molar-refractivity contribution is 0.219. The van der Waals surface area contributed by atoms with Gasteiger partial charge in [0.05, 0.1) is 6.61 Å². The molecule has 0 bridgehead atoms. The molecule has 0 atom stereocenters. The Hall–Kier alpha value is -1.37. The van der Waals surface area contributed by atoms with E-state index in [0.717, 1.165) is 0 Å². The SMILES string of the molecule is OCC1(CNc2c(F)c(F)c(F)c(F)c2F)CC1. The fraction of sp³-hybridized carbons (Fsp3) is 0.455. The van der Waals surface area contributed by atoms with Crippen molar-refractivity contribution in [3.05, 3.63) is 29.1 Å². The molecule has 0 saturated heterocycles. The van der Waals surface area contributed by atoms with E-state index in [2.05, 4.69) is 5.32 Å². The number of benzene rings is 1. The Morgan fingerprint density at radius 1 is 0.889 bits per heavy atom. The van der Waals surface area contributed by atoms with Gasteiger partial charge in [-0.15, -0.1) is 0 Å². The molecule has 7 heteroatoms. The second-order valence-corrected chi connectivity index (χ2v) is 4.46. The summed E-state index contributed by atoms with van der Waals surface area (Å²) in [5.74, 6) is -9.92. The van der Waals surface area contributed by atoms with E-state index in [1.165, 1.54) is 0 Å². The summed E-state index contributed by atoms with van der Waals surface area (Å²) in [7, 11) is 0. The number of hydrogen-bond donors (Lipinski definition) is 2. The summed E-state index contributed by atoms with van der Waals surface area (Å²) in [4.78, 5) is 0. The van der Waals surface area contributed by atoms with Gasteiger partial charge in [0.15, 0.2) is 23.3 Å². The molecule has 1 aliphatic rings. The fourth-order valence-electron chi connectivity index (χ4n) is 1.60. The summed E-state index contributed by atoms with van der Waals surface area (Å²) in [5, 5.41) is 11.2. The van der Waals surface area contributed by atoms with Crippen LogP contribution in [0.2, 0.25) is 0 Å². The number of aliphatic hydroxyl groups excluding tert-OH is 1. The van der Waals surface area contributed by atoms with Crippen LogP contribution in [0.4, 0.5) is 27.6 Å². The lowest BCUT2D eigenvalue weighted by Gasteiger charge is -2.15. The number of hydrogen-bond acceptors (Lipinski definition) is 2. The summed E-state index contributed by atoms with van der Waals surface area (Å²) in [6.07, 6.45) is 1.29. The predicted octanol–water partition coefficient (Wildman–Crippen LogP) is 2.57. The van der Waals surface area contributed by atoms with Crippen LogP contribution in [0.15, 0.2) is 0 Å². The molecule has 2 N–H and O–H groups in total. The monoisotopic (exact) mass is 267 g/mol. The molecule has 0 aromatic heterocycles. The molecule has 1 aromatic rings. The van der Waals surface area contributed by atoms with E-state index >= 15 is 0 Å². The van der Waals surface area contributed by atoms with Gasteiger partial charge in [0.1, 0.15) is 5.69 Å². The van der Waals surface area contributed by atoms with Crippen LogP contribution in [0, 0.1) is 34.5 Å². The summed E-state index contributed by atoms with van der Waals surface area (Å²) in [5.41, 5.74) is -1.56. The third-order valence-electron chi connectivity index (χ3n) is 3.14. The first-order valence-corrected chi connectivity index (χ1v) is 5.28. The Balaban J connectivity index is 2.28. The molecule has 0 aliphatic heterocycles. The van der Waals surface area contributed by atoms with Crippen LogP contribution in [0.3, 0.4) is 0 Å². The van der Waals surface area contributed by atoms with E-state index < -0.39 is 40.2 Å². The quantitative estimate of drug-likeness (QED) is 0.499. The summed E-state index contributed by atoms with van der Waals surface area (Å²) in [6, 6.07) is 0. The second kappa shape index (κ2) is 4.38. The molecule has 1 fully saturated rings. The average molecular weight is 267 g/mol. The van der Waals surface area contributed by atoms with E-state index in [4.69, 9.17) is 5.11 Å². The van der Waals surface area contributed by atoms with E-state index in [-0.39, 0.29) is 13.2 Å². The molecule has 100 valence electrons. The second-order valence-electron chi connectivity index (χ2n) is 4.46. The van der Waals surface area contributed by atoms with Gasteiger partial charge in [-0.3, -0.25) is 0 Å². The standard InChI is InChI=1S/C11H10F5NO/c12-5-6(13)8(15)10(9(16)7(5)14)17-3-11(4-18)1-2-11/h17-18H,1-4H2. The van der Waals surface area contributed by atoms with Crippen LogP contribution < -0.4 is 5.32 Å². The van der Waals surface area contributed by atoms with Crippen molar-refractivity contribution in [1.29, 1.82) is 0 Å². The van der Waals surface area contributed by atoms with Crippen LogP contribution in [0.25, 0.3) is 0 Å². The zero-order chi connectivity index (χ0) is 13.5. The Labute approximate surface area is 99.4 Å². The van der Waals surface area contributed by atoms with Gasteiger partial charge in [0.25, 0.3) is 0 Å². The normalized spacial score (nSPS) is 16.8. The zero-order valence-electron chi connectivity index (χ0n) is 9.17. The van der Waals surface area contributed by atoms with Gasteiger partial charge in [-0.25, -0.2) is 22.0 Å². The minimum Gasteiger partial charge on any atom is -0.396 e. The number of rotatable bonds is 4. The van der Waals surface area contributed by atoms with Crippen molar-refractivity contribution >= 4 is 5.69 Å². The lowest BCUT2D eigenvalue weighted by atomic mass is 10.1. The highest BCUT2D eigenvalue weighted by Gasteiger charge is 2.42. The lowest BCUT2D eigenvalue weighted by Crippen LogP contribution is -2.21. The van der Waals surface area contributed by atoms with Gasteiger partial charge in [-0.1, -0.05) is 0 Å². The maximum absolute atomic E-state index is 13.3. The van der Waals surface area contributed by atoms with Gasteiger partial charge in [0.2, 0.25) is 5.82 Å². The Morgan fingerprint density at radius 3 is 1.72 bits per heavy atom. The first-order valence-electron chi connectivity index (χ1n) is 5.28. The topological polar surface area (TPSA) is 32.3 Å². The van der Waals surface area contributed by atoms with Crippen LogP contribution in [-0.4, -0.2) is 18.3 Å². The van der Waals surface area contributed by atoms with Gasteiger partial charge in [-0.2, -0.15) is 0 Å².